The van der Waals surface area contributed by atoms with E-state index in [0.29, 0.717) is 37.8 Å². The number of nitrogens with zero attached hydrogens (tertiary/aromatic N) is 5. The van der Waals surface area contributed by atoms with Gasteiger partial charge in [0.2, 0.25) is 11.8 Å². The van der Waals surface area contributed by atoms with Gasteiger partial charge < -0.3 is 24.0 Å². The van der Waals surface area contributed by atoms with Gasteiger partial charge in [0.25, 0.3) is 0 Å². The number of amides is 3. The number of hydrogen-bond donors (Lipinski definition) is 0. The lowest BCUT2D eigenvalue weighted by Crippen LogP contribution is -2.48. The van der Waals surface area contributed by atoms with Crippen molar-refractivity contribution in [2.75, 3.05) is 47.9 Å². The molecule has 1 aromatic heterocycles. The van der Waals surface area contributed by atoms with Crippen molar-refractivity contribution in [2.45, 2.75) is 25.8 Å². The second kappa shape index (κ2) is 8.80. The highest BCUT2D eigenvalue weighted by atomic mass is 16.5. The molecule has 1 atom stereocenters. The van der Waals surface area contributed by atoms with Gasteiger partial charge in [0.05, 0.1) is 19.1 Å². The number of urea groups is 1. The van der Waals surface area contributed by atoms with E-state index >= 15 is 0 Å². The number of carbonyl (C=O) groups excluding carboxylic acids is 2. The van der Waals surface area contributed by atoms with Crippen LogP contribution in [0, 0.1) is 5.92 Å². The summed E-state index contributed by atoms with van der Waals surface area (Å²) < 4.78 is 10.2. The largest absolute Gasteiger partial charge is 0.384 e. The smallest absolute Gasteiger partial charge is 0.319 e. The fourth-order valence-corrected chi connectivity index (χ4v) is 2.88. The van der Waals surface area contributed by atoms with Crippen molar-refractivity contribution >= 4 is 11.9 Å². The van der Waals surface area contributed by atoms with Crippen molar-refractivity contribution in [3.05, 3.63) is 11.7 Å². The van der Waals surface area contributed by atoms with Gasteiger partial charge in [-0.2, -0.15) is 4.98 Å². The van der Waals surface area contributed by atoms with Gasteiger partial charge in [-0.25, -0.2) is 4.79 Å². The third-order valence-electron chi connectivity index (χ3n) is 4.21. The standard InChI is InChI=1S/C16H27N5O4/c1-19(2)16(23)21-8-5-6-12(10-21)15(22)20(3)11-14-17-13(18-25-14)7-9-24-4/h12H,5-11H2,1-4H3/t12-/m0/s1. The first-order chi connectivity index (χ1) is 11.9. The number of rotatable bonds is 6. The van der Waals surface area contributed by atoms with E-state index in [1.807, 2.05) is 0 Å². The van der Waals surface area contributed by atoms with Gasteiger partial charge in [-0.1, -0.05) is 5.16 Å². The molecule has 0 spiro atoms. The van der Waals surface area contributed by atoms with E-state index in [9.17, 15) is 9.59 Å². The third-order valence-corrected chi connectivity index (χ3v) is 4.21. The van der Waals surface area contributed by atoms with Gasteiger partial charge in [-0.15, -0.1) is 0 Å². The van der Waals surface area contributed by atoms with E-state index in [1.54, 1.807) is 38.1 Å². The first kappa shape index (κ1) is 19.2. The van der Waals surface area contributed by atoms with Crippen LogP contribution in [0.4, 0.5) is 4.79 Å². The molecule has 0 N–H and O–H groups in total. The second-order valence-corrected chi connectivity index (χ2v) is 6.50. The minimum Gasteiger partial charge on any atom is -0.384 e. The summed E-state index contributed by atoms with van der Waals surface area (Å²) in [6, 6.07) is -0.0557. The molecule has 0 saturated carbocycles. The maximum atomic E-state index is 12.7. The lowest BCUT2D eigenvalue weighted by atomic mass is 9.97. The summed E-state index contributed by atoms with van der Waals surface area (Å²) in [5, 5.41) is 3.87. The van der Waals surface area contributed by atoms with Gasteiger partial charge in [0.15, 0.2) is 5.82 Å². The molecule has 1 saturated heterocycles. The molecule has 25 heavy (non-hydrogen) atoms. The average Bonchev–Trinajstić information content (AvgIpc) is 3.05. The maximum Gasteiger partial charge on any atom is 0.319 e. The normalized spacial score (nSPS) is 17.4. The summed E-state index contributed by atoms with van der Waals surface area (Å²) in [7, 11) is 6.77. The van der Waals surface area contributed by atoms with E-state index < -0.39 is 0 Å². The Bertz CT molecular complexity index is 589. The van der Waals surface area contributed by atoms with E-state index in [0.717, 1.165) is 12.8 Å². The Morgan fingerprint density at radius 3 is 2.80 bits per heavy atom. The van der Waals surface area contributed by atoms with Crippen LogP contribution in [0.15, 0.2) is 4.52 Å². The molecular formula is C16H27N5O4. The van der Waals surface area contributed by atoms with Crippen molar-refractivity contribution in [3.8, 4) is 0 Å². The van der Waals surface area contributed by atoms with Crippen molar-refractivity contribution in [2.24, 2.45) is 5.92 Å². The number of ether oxygens (including phenoxy) is 1. The first-order valence-electron chi connectivity index (χ1n) is 8.44. The van der Waals surface area contributed by atoms with Gasteiger partial charge >= 0.3 is 6.03 Å². The van der Waals surface area contributed by atoms with Crippen molar-refractivity contribution < 1.29 is 18.8 Å². The van der Waals surface area contributed by atoms with Crippen LogP contribution >= 0.6 is 0 Å². The maximum absolute atomic E-state index is 12.7. The molecule has 0 radical (unpaired) electrons. The molecule has 0 bridgehead atoms. The van der Waals surface area contributed by atoms with E-state index in [4.69, 9.17) is 9.26 Å². The predicted octanol–water partition coefficient (Wildman–Crippen LogP) is 0.611. The van der Waals surface area contributed by atoms with Crippen LogP contribution in [0.25, 0.3) is 0 Å². The Labute approximate surface area is 147 Å². The molecule has 2 heterocycles. The predicted molar refractivity (Wildman–Crippen MR) is 89.7 cm³/mol. The highest BCUT2D eigenvalue weighted by molar-refractivity contribution is 5.80. The number of carbonyl (C=O) groups is 2. The molecule has 2 rings (SSSR count). The fraction of sp³-hybridized carbons (Fsp3) is 0.750. The van der Waals surface area contributed by atoms with Gasteiger partial charge in [-0.3, -0.25) is 4.79 Å². The zero-order chi connectivity index (χ0) is 18.4. The van der Waals surface area contributed by atoms with E-state index in [2.05, 4.69) is 10.1 Å². The topological polar surface area (TPSA) is 92.0 Å². The molecule has 0 aromatic carbocycles. The number of aromatic nitrogens is 2. The Morgan fingerprint density at radius 2 is 2.12 bits per heavy atom. The van der Waals surface area contributed by atoms with Crippen LogP contribution in [0.1, 0.15) is 24.6 Å². The van der Waals surface area contributed by atoms with Crippen LogP contribution in [-0.4, -0.2) is 84.7 Å². The van der Waals surface area contributed by atoms with Gasteiger partial charge in [-0.05, 0) is 12.8 Å². The Hall–Kier alpha value is -2.16. The number of methoxy groups -OCH3 is 1. The van der Waals surface area contributed by atoms with Gasteiger partial charge in [0, 0.05) is 47.8 Å². The summed E-state index contributed by atoms with van der Waals surface area (Å²) in [5.74, 6) is 0.767. The monoisotopic (exact) mass is 353 g/mol. The summed E-state index contributed by atoms with van der Waals surface area (Å²) in [5.41, 5.74) is 0. The second-order valence-electron chi connectivity index (χ2n) is 6.50. The molecule has 1 aliphatic heterocycles. The zero-order valence-corrected chi connectivity index (χ0v) is 15.4. The lowest BCUT2D eigenvalue weighted by molar-refractivity contribution is -0.136. The van der Waals surface area contributed by atoms with Crippen molar-refractivity contribution in [1.82, 2.24) is 24.8 Å². The zero-order valence-electron chi connectivity index (χ0n) is 15.4. The molecule has 0 unspecified atom stereocenters. The molecule has 9 heteroatoms. The summed E-state index contributed by atoms with van der Waals surface area (Å²) in [6.45, 7) is 1.92. The molecule has 1 fully saturated rings. The van der Waals surface area contributed by atoms with Gasteiger partial charge in [0.1, 0.15) is 0 Å². The molecule has 140 valence electrons. The summed E-state index contributed by atoms with van der Waals surface area (Å²) in [4.78, 5) is 33.9. The molecule has 1 aliphatic rings. The fourth-order valence-electron chi connectivity index (χ4n) is 2.88. The highest BCUT2D eigenvalue weighted by Crippen LogP contribution is 2.20. The molecule has 3 amide bonds. The minimum atomic E-state index is -0.196. The van der Waals surface area contributed by atoms with Crippen LogP contribution in [0.2, 0.25) is 0 Å². The van der Waals surface area contributed by atoms with Crippen LogP contribution in [0.3, 0.4) is 0 Å². The number of likely N-dealkylation sites (tertiary alicyclic amines) is 1. The number of piperidine rings is 1. The Kier molecular flexibility index (Phi) is 6.74. The number of hydrogen-bond acceptors (Lipinski definition) is 6. The molecule has 0 aliphatic carbocycles. The average molecular weight is 353 g/mol. The van der Waals surface area contributed by atoms with Crippen LogP contribution < -0.4 is 0 Å². The van der Waals surface area contributed by atoms with Crippen LogP contribution in [-0.2, 0) is 22.5 Å². The highest BCUT2D eigenvalue weighted by Gasteiger charge is 2.31. The van der Waals surface area contributed by atoms with E-state index in [-0.39, 0.29) is 24.4 Å². The summed E-state index contributed by atoms with van der Waals surface area (Å²) in [6.07, 6.45) is 2.18. The van der Waals surface area contributed by atoms with Crippen molar-refractivity contribution in [1.29, 1.82) is 0 Å². The minimum absolute atomic E-state index is 0.00658. The SMILES string of the molecule is COCCc1noc(CN(C)C(=O)[C@H]2CCCN(C(=O)N(C)C)C2)n1. The Morgan fingerprint density at radius 1 is 1.36 bits per heavy atom. The Balaban J connectivity index is 1.90. The molecule has 1 aromatic rings. The van der Waals surface area contributed by atoms with Crippen molar-refractivity contribution in [3.63, 3.8) is 0 Å². The molecule has 9 nitrogen and oxygen atoms in total. The lowest BCUT2D eigenvalue weighted by Gasteiger charge is -2.35. The van der Waals surface area contributed by atoms with E-state index in [1.165, 1.54) is 4.90 Å². The quantitative estimate of drug-likeness (QED) is 0.744. The third kappa shape index (κ3) is 5.15. The summed E-state index contributed by atoms with van der Waals surface area (Å²) >= 11 is 0. The molecular weight excluding hydrogens is 326 g/mol. The van der Waals surface area contributed by atoms with Crippen LogP contribution in [0.5, 0.6) is 0 Å². The first-order valence-corrected chi connectivity index (χ1v) is 8.44.